The van der Waals surface area contributed by atoms with Crippen molar-refractivity contribution in [3.63, 3.8) is 0 Å². The SMILES string of the molecule is COC1=CCCNC1=S. The molecule has 0 aromatic carbocycles. The van der Waals surface area contributed by atoms with Gasteiger partial charge in [-0.05, 0) is 12.5 Å². The molecule has 50 valence electrons. The second-order valence-electron chi connectivity index (χ2n) is 1.82. The van der Waals surface area contributed by atoms with E-state index in [0.29, 0.717) is 0 Å². The Balaban J connectivity index is 2.64. The zero-order valence-electron chi connectivity index (χ0n) is 5.31. The number of thiocarbonyl (C=S) groups is 1. The fourth-order valence-corrected chi connectivity index (χ4v) is 1.01. The molecular formula is C6H9NOS. The molecule has 0 amide bonds. The maximum absolute atomic E-state index is 4.96. The summed E-state index contributed by atoms with van der Waals surface area (Å²) in [5, 5.41) is 3.02. The maximum atomic E-state index is 4.96. The molecule has 0 atom stereocenters. The van der Waals surface area contributed by atoms with Crippen molar-refractivity contribution in [3.05, 3.63) is 11.8 Å². The van der Waals surface area contributed by atoms with Crippen LogP contribution in [-0.2, 0) is 4.74 Å². The normalized spacial score (nSPS) is 18.3. The smallest absolute Gasteiger partial charge is 0.149 e. The van der Waals surface area contributed by atoms with Crippen molar-refractivity contribution in [1.82, 2.24) is 5.32 Å². The van der Waals surface area contributed by atoms with Crippen LogP contribution in [0.3, 0.4) is 0 Å². The first-order valence-corrected chi connectivity index (χ1v) is 3.28. The van der Waals surface area contributed by atoms with Gasteiger partial charge < -0.3 is 10.1 Å². The van der Waals surface area contributed by atoms with Crippen LogP contribution in [0.15, 0.2) is 11.8 Å². The van der Waals surface area contributed by atoms with Crippen molar-refractivity contribution in [2.24, 2.45) is 0 Å². The second kappa shape index (κ2) is 2.82. The molecule has 0 fully saturated rings. The molecule has 0 spiro atoms. The van der Waals surface area contributed by atoms with Gasteiger partial charge in [-0.2, -0.15) is 0 Å². The minimum atomic E-state index is 0.726. The topological polar surface area (TPSA) is 21.3 Å². The molecular weight excluding hydrogens is 134 g/mol. The Morgan fingerprint density at radius 2 is 2.56 bits per heavy atom. The molecule has 2 nitrogen and oxygen atoms in total. The van der Waals surface area contributed by atoms with Gasteiger partial charge in [-0.15, -0.1) is 0 Å². The van der Waals surface area contributed by atoms with Gasteiger partial charge in [0.2, 0.25) is 0 Å². The Bertz CT molecular complexity index is 153. The van der Waals surface area contributed by atoms with Gasteiger partial charge in [0, 0.05) is 6.54 Å². The van der Waals surface area contributed by atoms with Crippen LogP contribution in [0, 0.1) is 0 Å². The Kier molecular flexibility index (Phi) is 2.05. The lowest BCUT2D eigenvalue weighted by Crippen LogP contribution is -2.28. The summed E-state index contributed by atoms with van der Waals surface area (Å²) < 4.78 is 4.96. The summed E-state index contributed by atoms with van der Waals surface area (Å²) in [7, 11) is 1.63. The summed E-state index contributed by atoms with van der Waals surface area (Å²) in [6.45, 7) is 0.936. The Morgan fingerprint density at radius 1 is 1.78 bits per heavy atom. The summed E-state index contributed by atoms with van der Waals surface area (Å²) in [6.07, 6.45) is 3.00. The van der Waals surface area contributed by atoms with Crippen LogP contribution in [0.25, 0.3) is 0 Å². The fourth-order valence-electron chi connectivity index (χ4n) is 0.745. The van der Waals surface area contributed by atoms with Gasteiger partial charge in [0.15, 0.2) is 0 Å². The van der Waals surface area contributed by atoms with Crippen LogP contribution in [0.5, 0.6) is 0 Å². The predicted molar refractivity (Wildman–Crippen MR) is 40.3 cm³/mol. The third-order valence-electron chi connectivity index (χ3n) is 1.20. The van der Waals surface area contributed by atoms with Crippen LogP contribution in [-0.4, -0.2) is 18.6 Å². The monoisotopic (exact) mass is 143 g/mol. The Hall–Kier alpha value is -0.570. The molecule has 1 rings (SSSR count). The van der Waals surface area contributed by atoms with Crippen molar-refractivity contribution in [3.8, 4) is 0 Å². The summed E-state index contributed by atoms with van der Waals surface area (Å²) in [5.41, 5.74) is 0. The zero-order valence-corrected chi connectivity index (χ0v) is 6.12. The molecule has 0 aromatic heterocycles. The third-order valence-corrected chi connectivity index (χ3v) is 1.55. The molecule has 1 heterocycles. The molecule has 0 bridgehead atoms. The number of ether oxygens (including phenoxy) is 1. The maximum Gasteiger partial charge on any atom is 0.149 e. The van der Waals surface area contributed by atoms with E-state index in [2.05, 4.69) is 5.32 Å². The lowest BCUT2D eigenvalue weighted by atomic mass is 10.3. The van der Waals surface area contributed by atoms with Crippen molar-refractivity contribution in [2.75, 3.05) is 13.7 Å². The van der Waals surface area contributed by atoms with E-state index in [0.717, 1.165) is 23.7 Å². The van der Waals surface area contributed by atoms with Crippen LogP contribution in [0.1, 0.15) is 6.42 Å². The van der Waals surface area contributed by atoms with Crippen LogP contribution in [0.4, 0.5) is 0 Å². The largest absolute Gasteiger partial charge is 0.494 e. The van der Waals surface area contributed by atoms with Crippen molar-refractivity contribution >= 4 is 17.2 Å². The molecule has 0 radical (unpaired) electrons. The quantitative estimate of drug-likeness (QED) is 0.549. The van der Waals surface area contributed by atoms with Gasteiger partial charge in [-0.25, -0.2) is 0 Å². The number of hydrogen-bond donors (Lipinski definition) is 1. The molecule has 0 saturated heterocycles. The first-order valence-electron chi connectivity index (χ1n) is 2.87. The fraction of sp³-hybridized carbons (Fsp3) is 0.500. The predicted octanol–water partition coefficient (Wildman–Crippen LogP) is 0.837. The molecule has 0 aromatic rings. The van der Waals surface area contributed by atoms with Crippen LogP contribution < -0.4 is 5.32 Å². The first kappa shape index (κ1) is 6.55. The highest BCUT2D eigenvalue weighted by Crippen LogP contribution is 2.03. The molecule has 1 aliphatic heterocycles. The molecule has 0 unspecified atom stereocenters. The standard InChI is InChI=1S/C6H9NOS/c1-8-5-3-2-4-7-6(5)9/h3H,2,4H2,1H3,(H,7,9). The summed E-state index contributed by atoms with van der Waals surface area (Å²) in [4.78, 5) is 0.726. The zero-order chi connectivity index (χ0) is 6.69. The van der Waals surface area contributed by atoms with E-state index in [-0.39, 0.29) is 0 Å². The highest BCUT2D eigenvalue weighted by atomic mass is 32.1. The van der Waals surface area contributed by atoms with Gasteiger partial charge in [0.05, 0.1) is 7.11 Å². The Morgan fingerprint density at radius 3 is 3.00 bits per heavy atom. The number of nitrogens with one attached hydrogen (secondary N) is 1. The van der Waals surface area contributed by atoms with E-state index in [1.54, 1.807) is 7.11 Å². The number of hydrogen-bond acceptors (Lipinski definition) is 2. The average molecular weight is 143 g/mol. The van der Waals surface area contributed by atoms with E-state index in [1.165, 1.54) is 0 Å². The molecule has 0 saturated carbocycles. The highest BCUT2D eigenvalue weighted by molar-refractivity contribution is 7.80. The van der Waals surface area contributed by atoms with Crippen LogP contribution in [0.2, 0.25) is 0 Å². The second-order valence-corrected chi connectivity index (χ2v) is 2.23. The number of rotatable bonds is 1. The van der Waals surface area contributed by atoms with Crippen molar-refractivity contribution in [1.29, 1.82) is 0 Å². The van der Waals surface area contributed by atoms with Gasteiger partial charge in [0.25, 0.3) is 0 Å². The lowest BCUT2D eigenvalue weighted by molar-refractivity contribution is 0.310. The molecule has 1 aliphatic rings. The van der Waals surface area contributed by atoms with E-state index in [1.807, 2.05) is 6.08 Å². The first-order chi connectivity index (χ1) is 4.34. The van der Waals surface area contributed by atoms with E-state index < -0.39 is 0 Å². The van der Waals surface area contributed by atoms with Gasteiger partial charge in [-0.1, -0.05) is 12.2 Å². The van der Waals surface area contributed by atoms with Crippen molar-refractivity contribution in [2.45, 2.75) is 6.42 Å². The molecule has 0 aliphatic carbocycles. The summed E-state index contributed by atoms with van der Waals surface area (Å²) >= 11 is 4.92. The summed E-state index contributed by atoms with van der Waals surface area (Å²) in [5.74, 6) is 0.802. The van der Waals surface area contributed by atoms with E-state index >= 15 is 0 Å². The lowest BCUT2D eigenvalue weighted by Gasteiger charge is -2.14. The van der Waals surface area contributed by atoms with Gasteiger partial charge >= 0.3 is 0 Å². The summed E-state index contributed by atoms with van der Waals surface area (Å²) in [6, 6.07) is 0. The number of methoxy groups -OCH3 is 1. The Labute approximate surface area is 59.9 Å². The molecule has 1 N–H and O–H groups in total. The molecule has 9 heavy (non-hydrogen) atoms. The van der Waals surface area contributed by atoms with E-state index in [9.17, 15) is 0 Å². The van der Waals surface area contributed by atoms with Gasteiger partial charge in [0.1, 0.15) is 10.7 Å². The third kappa shape index (κ3) is 1.42. The van der Waals surface area contributed by atoms with Crippen LogP contribution >= 0.6 is 12.2 Å². The highest BCUT2D eigenvalue weighted by Gasteiger charge is 2.06. The van der Waals surface area contributed by atoms with E-state index in [4.69, 9.17) is 17.0 Å². The minimum absolute atomic E-state index is 0.726. The average Bonchev–Trinajstić information content (AvgIpc) is 1.89. The minimum Gasteiger partial charge on any atom is -0.494 e. The van der Waals surface area contributed by atoms with Crippen molar-refractivity contribution < 1.29 is 4.74 Å². The molecule has 3 heteroatoms. The van der Waals surface area contributed by atoms with Gasteiger partial charge in [-0.3, -0.25) is 0 Å².